The number of pyridine rings is 1. The van der Waals surface area contributed by atoms with Gasteiger partial charge in [0.15, 0.2) is 5.16 Å². The number of carbonyl (C=O) groups excluding carboxylic acids is 1. The SMILES string of the molecule is CSc1ncc(C(=O)NC(C)c2ccccn2)n1-c1ccc(F)cc1. The third-order valence-electron chi connectivity index (χ3n) is 3.71. The van der Waals surface area contributed by atoms with Gasteiger partial charge in [0.25, 0.3) is 5.91 Å². The fraction of sp³-hybridized carbons (Fsp3) is 0.167. The maximum Gasteiger partial charge on any atom is 0.270 e. The van der Waals surface area contributed by atoms with Crippen molar-refractivity contribution in [2.45, 2.75) is 18.1 Å². The lowest BCUT2D eigenvalue weighted by Crippen LogP contribution is -2.29. The average Bonchev–Trinajstić information content (AvgIpc) is 3.07. The van der Waals surface area contributed by atoms with Gasteiger partial charge in [-0.25, -0.2) is 9.37 Å². The molecule has 2 aromatic heterocycles. The largest absolute Gasteiger partial charge is 0.343 e. The van der Waals surface area contributed by atoms with Gasteiger partial charge in [-0.15, -0.1) is 0 Å². The van der Waals surface area contributed by atoms with E-state index in [0.29, 0.717) is 16.5 Å². The summed E-state index contributed by atoms with van der Waals surface area (Å²) in [6.07, 6.45) is 5.09. The van der Waals surface area contributed by atoms with E-state index in [-0.39, 0.29) is 17.8 Å². The third kappa shape index (κ3) is 3.71. The molecule has 0 aliphatic heterocycles. The van der Waals surface area contributed by atoms with Crippen LogP contribution in [-0.4, -0.2) is 26.7 Å². The summed E-state index contributed by atoms with van der Waals surface area (Å²) in [7, 11) is 0. The second kappa shape index (κ2) is 7.48. The van der Waals surface area contributed by atoms with Crippen molar-refractivity contribution in [3.63, 3.8) is 0 Å². The van der Waals surface area contributed by atoms with Crippen molar-refractivity contribution in [2.24, 2.45) is 0 Å². The van der Waals surface area contributed by atoms with Crippen LogP contribution in [-0.2, 0) is 0 Å². The lowest BCUT2D eigenvalue weighted by atomic mass is 10.2. The molecule has 0 radical (unpaired) electrons. The van der Waals surface area contributed by atoms with Crippen LogP contribution in [0.5, 0.6) is 0 Å². The molecule has 1 unspecified atom stereocenters. The van der Waals surface area contributed by atoms with E-state index in [2.05, 4.69) is 15.3 Å². The minimum absolute atomic E-state index is 0.247. The van der Waals surface area contributed by atoms with Crippen LogP contribution < -0.4 is 5.32 Å². The van der Waals surface area contributed by atoms with Crippen molar-refractivity contribution in [1.29, 1.82) is 0 Å². The molecule has 0 saturated carbocycles. The number of imidazole rings is 1. The first-order valence-electron chi connectivity index (χ1n) is 7.69. The number of hydrogen-bond acceptors (Lipinski definition) is 4. The molecule has 128 valence electrons. The van der Waals surface area contributed by atoms with Gasteiger partial charge in [-0.1, -0.05) is 17.8 Å². The standard InChI is InChI=1S/C18H17FN4OS/c1-12(15-5-3-4-10-20-15)22-17(24)16-11-21-18(25-2)23(16)14-8-6-13(19)7-9-14/h3-12H,1-2H3,(H,22,24). The number of aromatic nitrogens is 3. The molecule has 1 atom stereocenters. The molecule has 3 rings (SSSR count). The summed E-state index contributed by atoms with van der Waals surface area (Å²) in [5.74, 6) is -0.598. The van der Waals surface area contributed by atoms with E-state index in [1.54, 1.807) is 22.9 Å². The summed E-state index contributed by atoms with van der Waals surface area (Å²) in [6, 6.07) is 11.3. The Labute approximate surface area is 149 Å². The van der Waals surface area contributed by atoms with E-state index >= 15 is 0 Å². The molecule has 1 N–H and O–H groups in total. The van der Waals surface area contributed by atoms with Crippen molar-refractivity contribution in [2.75, 3.05) is 6.26 Å². The second-order valence-corrected chi connectivity index (χ2v) is 6.17. The first-order chi connectivity index (χ1) is 12.1. The van der Waals surface area contributed by atoms with Gasteiger partial charge in [0.2, 0.25) is 0 Å². The predicted octanol–water partition coefficient (Wildman–Crippen LogP) is 3.62. The van der Waals surface area contributed by atoms with Crippen LogP contribution in [0, 0.1) is 5.82 Å². The van der Waals surface area contributed by atoms with Gasteiger partial charge in [0, 0.05) is 11.9 Å². The van der Waals surface area contributed by atoms with Gasteiger partial charge < -0.3 is 5.32 Å². The van der Waals surface area contributed by atoms with Crippen molar-refractivity contribution in [3.8, 4) is 5.69 Å². The van der Waals surface area contributed by atoms with E-state index < -0.39 is 0 Å². The van der Waals surface area contributed by atoms with Crippen LogP contribution in [0.2, 0.25) is 0 Å². The molecule has 1 amide bonds. The number of nitrogens with one attached hydrogen (secondary N) is 1. The van der Waals surface area contributed by atoms with Crippen LogP contribution >= 0.6 is 11.8 Å². The molecular weight excluding hydrogens is 339 g/mol. The summed E-state index contributed by atoms with van der Waals surface area (Å²) in [5.41, 5.74) is 1.84. The van der Waals surface area contributed by atoms with E-state index in [0.717, 1.165) is 5.69 Å². The van der Waals surface area contributed by atoms with Crippen molar-refractivity contribution >= 4 is 17.7 Å². The highest BCUT2D eigenvalue weighted by Crippen LogP contribution is 2.22. The van der Waals surface area contributed by atoms with Crippen molar-refractivity contribution < 1.29 is 9.18 Å². The molecular formula is C18H17FN4OS. The fourth-order valence-electron chi connectivity index (χ4n) is 2.46. The van der Waals surface area contributed by atoms with E-state index in [1.807, 2.05) is 31.4 Å². The highest BCUT2D eigenvalue weighted by molar-refractivity contribution is 7.98. The minimum Gasteiger partial charge on any atom is -0.343 e. The van der Waals surface area contributed by atoms with Crippen LogP contribution in [0.25, 0.3) is 5.69 Å². The number of carbonyl (C=O) groups is 1. The summed E-state index contributed by atoms with van der Waals surface area (Å²) in [6.45, 7) is 1.87. The quantitative estimate of drug-likeness (QED) is 0.710. The summed E-state index contributed by atoms with van der Waals surface area (Å²) >= 11 is 1.41. The Morgan fingerprint density at radius 3 is 2.60 bits per heavy atom. The normalized spacial score (nSPS) is 12.0. The number of nitrogens with zero attached hydrogens (tertiary/aromatic N) is 3. The predicted molar refractivity (Wildman–Crippen MR) is 95.4 cm³/mol. The Morgan fingerprint density at radius 2 is 1.96 bits per heavy atom. The number of thioether (sulfide) groups is 1. The maximum absolute atomic E-state index is 13.2. The van der Waals surface area contributed by atoms with E-state index in [4.69, 9.17) is 0 Å². The second-order valence-electron chi connectivity index (χ2n) is 5.39. The molecule has 0 spiro atoms. The molecule has 3 aromatic rings. The van der Waals surface area contributed by atoms with E-state index in [1.165, 1.54) is 30.1 Å². The summed E-state index contributed by atoms with van der Waals surface area (Å²) in [4.78, 5) is 21.3. The number of halogens is 1. The Morgan fingerprint density at radius 1 is 1.20 bits per heavy atom. The number of rotatable bonds is 5. The average molecular weight is 356 g/mol. The van der Waals surface area contributed by atoms with E-state index in [9.17, 15) is 9.18 Å². The number of benzene rings is 1. The first kappa shape index (κ1) is 17.2. The third-order valence-corrected chi connectivity index (χ3v) is 4.36. The molecule has 2 heterocycles. The molecule has 25 heavy (non-hydrogen) atoms. The lowest BCUT2D eigenvalue weighted by Gasteiger charge is -2.15. The fourth-order valence-corrected chi connectivity index (χ4v) is 3.00. The smallest absolute Gasteiger partial charge is 0.270 e. The zero-order valence-electron chi connectivity index (χ0n) is 13.8. The molecule has 0 aliphatic carbocycles. The molecule has 0 fully saturated rings. The van der Waals surface area contributed by atoms with Gasteiger partial charge >= 0.3 is 0 Å². The number of hydrogen-bond donors (Lipinski definition) is 1. The Hall–Kier alpha value is -2.67. The van der Waals surface area contributed by atoms with Crippen LogP contribution in [0.1, 0.15) is 29.1 Å². The molecule has 0 bridgehead atoms. The lowest BCUT2D eigenvalue weighted by molar-refractivity contribution is 0.0931. The first-order valence-corrected chi connectivity index (χ1v) is 8.92. The Bertz CT molecular complexity index is 865. The van der Waals surface area contributed by atoms with Gasteiger partial charge in [-0.3, -0.25) is 14.3 Å². The van der Waals surface area contributed by atoms with Gasteiger partial charge in [-0.2, -0.15) is 0 Å². The monoisotopic (exact) mass is 356 g/mol. The summed E-state index contributed by atoms with van der Waals surface area (Å²) < 4.78 is 14.9. The van der Waals surface area contributed by atoms with Crippen molar-refractivity contribution in [3.05, 3.63) is 72.1 Å². The number of amides is 1. The van der Waals surface area contributed by atoms with Crippen molar-refractivity contribution in [1.82, 2.24) is 19.9 Å². The maximum atomic E-state index is 13.2. The minimum atomic E-state index is -0.329. The molecule has 0 saturated heterocycles. The molecule has 5 nitrogen and oxygen atoms in total. The topological polar surface area (TPSA) is 59.8 Å². The Balaban J connectivity index is 1.90. The Kier molecular flexibility index (Phi) is 5.14. The van der Waals surface area contributed by atoms with Crippen LogP contribution in [0.4, 0.5) is 4.39 Å². The van der Waals surface area contributed by atoms with Gasteiger partial charge in [0.1, 0.15) is 11.5 Å². The summed E-state index contributed by atoms with van der Waals surface area (Å²) in [5, 5.41) is 3.58. The molecule has 1 aromatic carbocycles. The zero-order chi connectivity index (χ0) is 17.8. The molecule has 0 aliphatic rings. The van der Waals surface area contributed by atoms with Crippen LogP contribution in [0.3, 0.4) is 0 Å². The van der Waals surface area contributed by atoms with Gasteiger partial charge in [0.05, 0.1) is 17.9 Å². The molecule has 7 heteroatoms. The zero-order valence-corrected chi connectivity index (χ0v) is 14.6. The highest BCUT2D eigenvalue weighted by Gasteiger charge is 2.20. The van der Waals surface area contributed by atoms with Gasteiger partial charge in [-0.05, 0) is 49.6 Å². The highest BCUT2D eigenvalue weighted by atomic mass is 32.2. The van der Waals surface area contributed by atoms with Crippen LogP contribution in [0.15, 0.2) is 60.0 Å².